The number of hydrogen-bond donors (Lipinski definition) is 1. The topological polar surface area (TPSA) is 76.5 Å². The molecule has 2 amide bonds. The van der Waals surface area contributed by atoms with Crippen LogP contribution in [-0.2, 0) is 4.79 Å². The highest BCUT2D eigenvalue weighted by atomic mass is 35.5. The Balaban J connectivity index is 1.78. The molecule has 162 valence electrons. The van der Waals surface area contributed by atoms with Crippen molar-refractivity contribution < 1.29 is 14.3 Å². The Hall–Kier alpha value is -3.32. The van der Waals surface area contributed by atoms with Gasteiger partial charge in [-0.2, -0.15) is 5.10 Å². The summed E-state index contributed by atoms with van der Waals surface area (Å²) in [5, 5.41) is 7.78. The van der Waals surface area contributed by atoms with Gasteiger partial charge in [0.15, 0.2) is 0 Å². The SMILES string of the molecule is COc1cccc(NC(=O)CN(C)C(=O)c2cnn(-c3cccc(Cl)c3)c2C(C)C)c1. The zero-order valence-corrected chi connectivity index (χ0v) is 18.7. The largest absolute Gasteiger partial charge is 0.497 e. The van der Waals surface area contributed by atoms with Gasteiger partial charge in [0.1, 0.15) is 5.75 Å². The average molecular weight is 441 g/mol. The Morgan fingerprint density at radius 2 is 1.94 bits per heavy atom. The van der Waals surface area contributed by atoms with Crippen LogP contribution >= 0.6 is 11.6 Å². The van der Waals surface area contributed by atoms with Crippen molar-refractivity contribution in [2.24, 2.45) is 0 Å². The molecule has 2 aromatic carbocycles. The molecular formula is C23H25ClN4O3. The maximum absolute atomic E-state index is 13.1. The molecule has 0 saturated carbocycles. The van der Waals surface area contributed by atoms with E-state index in [4.69, 9.17) is 16.3 Å². The van der Waals surface area contributed by atoms with Crippen LogP contribution in [0.15, 0.2) is 54.7 Å². The lowest BCUT2D eigenvalue weighted by Crippen LogP contribution is -2.35. The fourth-order valence-corrected chi connectivity index (χ4v) is 3.47. The average Bonchev–Trinajstić information content (AvgIpc) is 3.18. The molecule has 0 fully saturated rings. The number of rotatable bonds is 7. The van der Waals surface area contributed by atoms with Crippen LogP contribution in [0.5, 0.6) is 5.75 Å². The molecular weight excluding hydrogens is 416 g/mol. The summed E-state index contributed by atoms with van der Waals surface area (Å²) >= 11 is 6.12. The molecule has 0 saturated heterocycles. The van der Waals surface area contributed by atoms with E-state index in [0.717, 1.165) is 11.4 Å². The third kappa shape index (κ3) is 5.24. The molecule has 0 aliphatic carbocycles. The zero-order valence-electron chi connectivity index (χ0n) is 17.9. The minimum absolute atomic E-state index is 0.0273. The quantitative estimate of drug-likeness (QED) is 0.592. The van der Waals surface area contributed by atoms with Gasteiger partial charge in [-0.15, -0.1) is 0 Å². The van der Waals surface area contributed by atoms with Gasteiger partial charge in [0.25, 0.3) is 5.91 Å². The second-order valence-electron chi connectivity index (χ2n) is 7.43. The number of likely N-dealkylation sites (N-methyl/N-ethyl adjacent to an activating group) is 1. The number of carbonyl (C=O) groups is 2. The number of nitrogens with zero attached hydrogens (tertiary/aromatic N) is 3. The number of halogens is 1. The van der Waals surface area contributed by atoms with E-state index >= 15 is 0 Å². The van der Waals surface area contributed by atoms with E-state index in [1.54, 1.807) is 55.2 Å². The summed E-state index contributed by atoms with van der Waals surface area (Å²) < 4.78 is 6.88. The van der Waals surface area contributed by atoms with Gasteiger partial charge < -0.3 is 15.0 Å². The summed E-state index contributed by atoms with van der Waals surface area (Å²) in [6.07, 6.45) is 1.54. The van der Waals surface area contributed by atoms with Crippen LogP contribution in [0.2, 0.25) is 5.02 Å². The second kappa shape index (κ2) is 9.66. The third-order valence-electron chi connectivity index (χ3n) is 4.72. The lowest BCUT2D eigenvalue weighted by atomic mass is 10.0. The van der Waals surface area contributed by atoms with E-state index in [9.17, 15) is 9.59 Å². The molecule has 7 nitrogen and oxygen atoms in total. The molecule has 0 unspecified atom stereocenters. The first-order valence-electron chi connectivity index (χ1n) is 9.83. The number of ether oxygens (including phenoxy) is 1. The van der Waals surface area contributed by atoms with Gasteiger partial charge in [0, 0.05) is 23.8 Å². The fraction of sp³-hybridized carbons (Fsp3) is 0.261. The maximum Gasteiger partial charge on any atom is 0.257 e. The summed E-state index contributed by atoms with van der Waals surface area (Å²) in [7, 11) is 3.15. The minimum atomic E-state index is -0.308. The van der Waals surface area contributed by atoms with E-state index < -0.39 is 0 Å². The van der Waals surface area contributed by atoms with Crippen molar-refractivity contribution >= 4 is 29.1 Å². The lowest BCUT2D eigenvalue weighted by Gasteiger charge is -2.19. The molecule has 0 atom stereocenters. The van der Waals surface area contributed by atoms with Crippen LogP contribution in [0.3, 0.4) is 0 Å². The Morgan fingerprint density at radius 3 is 2.61 bits per heavy atom. The Labute approximate surface area is 186 Å². The molecule has 1 heterocycles. The number of amides is 2. The standard InChI is InChI=1S/C23H25ClN4O3/c1-15(2)22-20(13-25-28(22)18-9-5-7-16(24)11-18)23(30)27(3)14-21(29)26-17-8-6-10-19(12-17)31-4/h5-13,15H,14H2,1-4H3,(H,26,29). The van der Waals surface area contributed by atoms with Crippen molar-refractivity contribution in [3.05, 3.63) is 71.0 Å². The van der Waals surface area contributed by atoms with Crippen molar-refractivity contribution in [1.29, 1.82) is 0 Å². The predicted octanol–water partition coefficient (Wildman–Crippen LogP) is 4.37. The van der Waals surface area contributed by atoms with Crippen LogP contribution in [0, 0.1) is 0 Å². The Bertz CT molecular complexity index is 1090. The summed E-state index contributed by atoms with van der Waals surface area (Å²) in [5.74, 6) is 0.0758. The first kappa shape index (κ1) is 22.4. The molecule has 1 N–H and O–H groups in total. The van der Waals surface area contributed by atoms with Gasteiger partial charge in [-0.25, -0.2) is 4.68 Å². The van der Waals surface area contributed by atoms with Crippen LogP contribution in [0.25, 0.3) is 5.69 Å². The highest BCUT2D eigenvalue weighted by Crippen LogP contribution is 2.25. The van der Waals surface area contributed by atoms with Gasteiger partial charge in [0.2, 0.25) is 5.91 Å². The summed E-state index contributed by atoms with van der Waals surface area (Å²) in [6.45, 7) is 3.88. The van der Waals surface area contributed by atoms with Gasteiger partial charge in [-0.3, -0.25) is 9.59 Å². The number of carbonyl (C=O) groups excluding carboxylic acids is 2. The number of nitrogens with one attached hydrogen (secondary N) is 1. The van der Waals surface area contributed by atoms with Crippen molar-refractivity contribution in [1.82, 2.24) is 14.7 Å². The van der Waals surface area contributed by atoms with E-state index in [1.807, 2.05) is 26.0 Å². The van der Waals surface area contributed by atoms with Crippen molar-refractivity contribution in [2.75, 3.05) is 26.0 Å². The zero-order chi connectivity index (χ0) is 22.5. The van der Waals surface area contributed by atoms with Crippen molar-refractivity contribution in [3.8, 4) is 11.4 Å². The van der Waals surface area contributed by atoms with E-state index in [2.05, 4.69) is 10.4 Å². The van der Waals surface area contributed by atoms with Crippen LogP contribution in [0.1, 0.15) is 35.8 Å². The molecule has 0 aliphatic rings. The molecule has 0 aliphatic heterocycles. The Kier molecular flexibility index (Phi) is 6.97. The molecule has 8 heteroatoms. The number of aromatic nitrogens is 2. The summed E-state index contributed by atoms with van der Waals surface area (Å²) in [5.41, 5.74) is 2.58. The summed E-state index contributed by atoms with van der Waals surface area (Å²) in [4.78, 5) is 27.0. The third-order valence-corrected chi connectivity index (χ3v) is 4.95. The molecule has 0 spiro atoms. The van der Waals surface area contributed by atoms with Crippen LogP contribution in [-0.4, -0.2) is 47.2 Å². The highest BCUT2D eigenvalue weighted by Gasteiger charge is 2.24. The number of hydrogen-bond acceptors (Lipinski definition) is 4. The molecule has 1 aromatic heterocycles. The first-order chi connectivity index (χ1) is 14.8. The Morgan fingerprint density at radius 1 is 1.19 bits per heavy atom. The predicted molar refractivity (Wildman–Crippen MR) is 121 cm³/mol. The summed E-state index contributed by atoms with van der Waals surface area (Å²) in [6, 6.07) is 14.3. The van der Waals surface area contributed by atoms with E-state index in [0.29, 0.717) is 22.0 Å². The van der Waals surface area contributed by atoms with Gasteiger partial charge in [0.05, 0.1) is 36.8 Å². The fourth-order valence-electron chi connectivity index (χ4n) is 3.29. The number of anilines is 1. The molecule has 3 rings (SSSR count). The van der Waals surface area contributed by atoms with Crippen molar-refractivity contribution in [2.45, 2.75) is 19.8 Å². The van der Waals surface area contributed by atoms with Crippen LogP contribution < -0.4 is 10.1 Å². The number of benzene rings is 2. The van der Waals surface area contributed by atoms with Gasteiger partial charge >= 0.3 is 0 Å². The molecule has 0 bridgehead atoms. The van der Waals surface area contributed by atoms with E-state index in [1.165, 1.54) is 11.1 Å². The maximum atomic E-state index is 13.1. The number of methoxy groups -OCH3 is 1. The smallest absolute Gasteiger partial charge is 0.257 e. The molecule has 3 aromatic rings. The van der Waals surface area contributed by atoms with E-state index in [-0.39, 0.29) is 24.3 Å². The van der Waals surface area contributed by atoms with Crippen LogP contribution in [0.4, 0.5) is 5.69 Å². The highest BCUT2D eigenvalue weighted by molar-refractivity contribution is 6.30. The first-order valence-corrected chi connectivity index (χ1v) is 10.2. The van der Waals surface area contributed by atoms with Gasteiger partial charge in [-0.05, 0) is 36.2 Å². The van der Waals surface area contributed by atoms with Crippen molar-refractivity contribution in [3.63, 3.8) is 0 Å². The van der Waals surface area contributed by atoms with Gasteiger partial charge in [-0.1, -0.05) is 37.6 Å². The monoisotopic (exact) mass is 440 g/mol. The molecule has 0 radical (unpaired) electrons. The minimum Gasteiger partial charge on any atom is -0.497 e. The lowest BCUT2D eigenvalue weighted by molar-refractivity contribution is -0.116. The normalized spacial score (nSPS) is 10.8. The second-order valence-corrected chi connectivity index (χ2v) is 7.87. The molecule has 31 heavy (non-hydrogen) atoms.